The molecule has 1 aliphatic heterocycles. The van der Waals surface area contributed by atoms with Crippen molar-refractivity contribution >= 4 is 11.3 Å². The van der Waals surface area contributed by atoms with Gasteiger partial charge in [-0.3, -0.25) is 4.90 Å². The predicted octanol–water partition coefficient (Wildman–Crippen LogP) is 1.80. The number of likely N-dealkylation sites (tertiary alicyclic amines) is 1. The Labute approximate surface area is 95.3 Å². The maximum absolute atomic E-state index is 5.53. The van der Waals surface area contributed by atoms with Crippen molar-refractivity contribution < 1.29 is 0 Å². The maximum Gasteiger partial charge on any atom is 0.110 e. The fourth-order valence-electron chi connectivity index (χ4n) is 2.22. The number of thiazole rings is 1. The van der Waals surface area contributed by atoms with E-state index in [9.17, 15) is 0 Å². The summed E-state index contributed by atoms with van der Waals surface area (Å²) in [7, 11) is 0. The van der Waals surface area contributed by atoms with Crippen LogP contribution in [0, 0.1) is 0 Å². The minimum atomic E-state index is 0.575. The lowest BCUT2D eigenvalue weighted by Crippen LogP contribution is -2.22. The summed E-state index contributed by atoms with van der Waals surface area (Å²) in [6.07, 6.45) is 3.49. The summed E-state index contributed by atoms with van der Waals surface area (Å²) in [5.74, 6) is 0. The Morgan fingerprint density at radius 3 is 3.27 bits per heavy atom. The van der Waals surface area contributed by atoms with E-state index in [-0.39, 0.29) is 0 Å². The highest BCUT2D eigenvalue weighted by molar-refractivity contribution is 7.09. The molecular weight excluding hydrogens is 206 g/mol. The van der Waals surface area contributed by atoms with E-state index in [0.717, 1.165) is 13.0 Å². The molecule has 1 aromatic heterocycles. The molecule has 0 amide bonds. The van der Waals surface area contributed by atoms with Crippen LogP contribution in [0.2, 0.25) is 0 Å². The van der Waals surface area contributed by atoms with Crippen LogP contribution >= 0.6 is 11.3 Å². The maximum atomic E-state index is 5.53. The topological polar surface area (TPSA) is 42.2 Å². The molecule has 0 saturated carbocycles. The van der Waals surface area contributed by atoms with Crippen LogP contribution in [0.15, 0.2) is 5.38 Å². The number of aromatic nitrogens is 1. The molecule has 2 rings (SSSR count). The first-order valence-electron chi connectivity index (χ1n) is 5.73. The SMILES string of the molecule is CCN1CCCC1c1nc(CCN)cs1. The molecule has 4 heteroatoms. The van der Waals surface area contributed by atoms with Crippen LogP contribution in [-0.4, -0.2) is 29.5 Å². The molecule has 84 valence electrons. The summed E-state index contributed by atoms with van der Waals surface area (Å²) in [4.78, 5) is 7.20. The molecule has 1 aromatic rings. The van der Waals surface area contributed by atoms with E-state index >= 15 is 0 Å². The lowest BCUT2D eigenvalue weighted by atomic mass is 10.2. The van der Waals surface area contributed by atoms with Gasteiger partial charge in [0, 0.05) is 11.8 Å². The van der Waals surface area contributed by atoms with Gasteiger partial charge in [0.2, 0.25) is 0 Å². The lowest BCUT2D eigenvalue weighted by molar-refractivity contribution is 0.271. The third-order valence-electron chi connectivity index (χ3n) is 3.02. The van der Waals surface area contributed by atoms with Crippen molar-refractivity contribution in [1.82, 2.24) is 9.88 Å². The van der Waals surface area contributed by atoms with Crippen LogP contribution in [0.5, 0.6) is 0 Å². The van der Waals surface area contributed by atoms with Crippen LogP contribution in [0.4, 0.5) is 0 Å². The van der Waals surface area contributed by atoms with Crippen LogP contribution < -0.4 is 5.73 Å². The highest BCUT2D eigenvalue weighted by atomic mass is 32.1. The zero-order chi connectivity index (χ0) is 10.7. The van der Waals surface area contributed by atoms with Crippen LogP contribution in [0.3, 0.4) is 0 Å². The summed E-state index contributed by atoms with van der Waals surface area (Å²) in [6, 6.07) is 0.575. The molecule has 1 saturated heterocycles. The Hall–Kier alpha value is -0.450. The Bertz CT molecular complexity index is 311. The molecule has 0 spiro atoms. The van der Waals surface area contributed by atoms with E-state index in [1.807, 2.05) is 0 Å². The molecule has 1 fully saturated rings. The second-order valence-corrected chi connectivity index (χ2v) is 4.89. The average Bonchev–Trinajstić information content (AvgIpc) is 2.84. The van der Waals surface area contributed by atoms with Gasteiger partial charge in [-0.2, -0.15) is 0 Å². The predicted molar refractivity (Wildman–Crippen MR) is 64.1 cm³/mol. The minimum absolute atomic E-state index is 0.575. The number of nitrogens with two attached hydrogens (primary N) is 1. The second kappa shape index (κ2) is 5.05. The van der Waals surface area contributed by atoms with Crippen molar-refractivity contribution in [3.8, 4) is 0 Å². The molecule has 0 radical (unpaired) electrons. The average molecular weight is 225 g/mol. The second-order valence-electron chi connectivity index (χ2n) is 4.00. The van der Waals surface area contributed by atoms with Crippen molar-refractivity contribution in [2.75, 3.05) is 19.6 Å². The van der Waals surface area contributed by atoms with Gasteiger partial charge in [0.05, 0.1) is 11.7 Å². The van der Waals surface area contributed by atoms with E-state index in [0.29, 0.717) is 12.6 Å². The van der Waals surface area contributed by atoms with Gasteiger partial charge in [0.1, 0.15) is 5.01 Å². The molecule has 1 atom stereocenters. The van der Waals surface area contributed by atoms with Gasteiger partial charge in [-0.15, -0.1) is 11.3 Å². The number of rotatable bonds is 4. The van der Waals surface area contributed by atoms with E-state index in [2.05, 4.69) is 22.2 Å². The Kier molecular flexibility index (Phi) is 3.72. The van der Waals surface area contributed by atoms with Crippen molar-refractivity contribution in [3.63, 3.8) is 0 Å². The van der Waals surface area contributed by atoms with Gasteiger partial charge in [-0.25, -0.2) is 4.98 Å². The number of nitrogens with zero attached hydrogens (tertiary/aromatic N) is 2. The molecule has 1 unspecified atom stereocenters. The first kappa shape index (κ1) is 11.0. The zero-order valence-electron chi connectivity index (χ0n) is 9.28. The first-order chi connectivity index (χ1) is 7.35. The number of hydrogen-bond acceptors (Lipinski definition) is 4. The third-order valence-corrected chi connectivity index (χ3v) is 4.02. The van der Waals surface area contributed by atoms with Crippen molar-refractivity contribution in [2.45, 2.75) is 32.2 Å². The lowest BCUT2D eigenvalue weighted by Gasteiger charge is -2.20. The van der Waals surface area contributed by atoms with Gasteiger partial charge in [0.15, 0.2) is 0 Å². The summed E-state index contributed by atoms with van der Waals surface area (Å²) >= 11 is 1.80. The monoisotopic (exact) mass is 225 g/mol. The molecule has 2 N–H and O–H groups in total. The molecule has 0 bridgehead atoms. The quantitative estimate of drug-likeness (QED) is 0.849. The van der Waals surface area contributed by atoms with Crippen molar-refractivity contribution in [2.24, 2.45) is 5.73 Å². The molecule has 0 aromatic carbocycles. The Morgan fingerprint density at radius 2 is 2.53 bits per heavy atom. The van der Waals surface area contributed by atoms with E-state index in [4.69, 9.17) is 5.73 Å². The van der Waals surface area contributed by atoms with Gasteiger partial charge < -0.3 is 5.73 Å². The fourth-order valence-corrected chi connectivity index (χ4v) is 3.24. The normalized spacial score (nSPS) is 22.4. The molecule has 1 aliphatic rings. The van der Waals surface area contributed by atoms with Crippen LogP contribution in [0.25, 0.3) is 0 Å². The standard InChI is InChI=1S/C11H19N3S/c1-2-14-7-3-4-10(14)11-13-9(5-6-12)8-15-11/h8,10H,2-7,12H2,1H3. The Balaban J connectivity index is 2.07. The van der Waals surface area contributed by atoms with Crippen molar-refractivity contribution in [3.05, 3.63) is 16.1 Å². The third kappa shape index (κ3) is 2.38. The minimum Gasteiger partial charge on any atom is -0.330 e. The van der Waals surface area contributed by atoms with Gasteiger partial charge in [0.25, 0.3) is 0 Å². The van der Waals surface area contributed by atoms with Crippen LogP contribution in [0.1, 0.15) is 36.5 Å². The smallest absolute Gasteiger partial charge is 0.110 e. The molecular formula is C11H19N3S. The zero-order valence-corrected chi connectivity index (χ0v) is 10.1. The summed E-state index contributed by atoms with van der Waals surface area (Å²) < 4.78 is 0. The summed E-state index contributed by atoms with van der Waals surface area (Å²) in [5, 5.41) is 3.45. The van der Waals surface area contributed by atoms with Crippen LogP contribution in [-0.2, 0) is 6.42 Å². The van der Waals surface area contributed by atoms with E-state index < -0.39 is 0 Å². The highest BCUT2D eigenvalue weighted by Gasteiger charge is 2.26. The summed E-state index contributed by atoms with van der Waals surface area (Å²) in [6.45, 7) is 5.29. The molecule has 3 nitrogen and oxygen atoms in total. The number of hydrogen-bond donors (Lipinski definition) is 1. The van der Waals surface area contributed by atoms with Crippen molar-refractivity contribution in [1.29, 1.82) is 0 Å². The van der Waals surface area contributed by atoms with Gasteiger partial charge in [-0.05, 0) is 32.5 Å². The first-order valence-corrected chi connectivity index (χ1v) is 6.61. The highest BCUT2D eigenvalue weighted by Crippen LogP contribution is 2.33. The molecule has 15 heavy (non-hydrogen) atoms. The molecule has 0 aliphatic carbocycles. The molecule has 2 heterocycles. The summed E-state index contributed by atoms with van der Waals surface area (Å²) in [5.41, 5.74) is 6.70. The van der Waals surface area contributed by atoms with E-state index in [1.165, 1.54) is 30.1 Å². The largest absolute Gasteiger partial charge is 0.330 e. The fraction of sp³-hybridized carbons (Fsp3) is 0.727. The van der Waals surface area contributed by atoms with E-state index in [1.54, 1.807) is 11.3 Å². The van der Waals surface area contributed by atoms with Gasteiger partial charge >= 0.3 is 0 Å². The Morgan fingerprint density at radius 1 is 1.67 bits per heavy atom. The van der Waals surface area contributed by atoms with Gasteiger partial charge in [-0.1, -0.05) is 6.92 Å².